The number of ether oxygens (including phenoxy) is 1. The van der Waals surface area contributed by atoms with Crippen molar-refractivity contribution in [2.45, 2.75) is 26.9 Å². The van der Waals surface area contributed by atoms with Gasteiger partial charge in [-0.25, -0.2) is 4.98 Å². The van der Waals surface area contributed by atoms with Crippen LogP contribution < -0.4 is 4.74 Å². The van der Waals surface area contributed by atoms with Crippen molar-refractivity contribution in [2.75, 3.05) is 0 Å². The second-order valence-electron chi connectivity index (χ2n) is 3.55. The lowest BCUT2D eigenvalue weighted by Gasteiger charge is -2.08. The summed E-state index contributed by atoms with van der Waals surface area (Å²) in [5, 5.41) is 0.943. The summed E-state index contributed by atoms with van der Waals surface area (Å²) in [6, 6.07) is 3.79. The molecular weight excluding hydrogens is 178 g/mol. The van der Waals surface area contributed by atoms with E-state index in [4.69, 9.17) is 9.15 Å². The molecule has 74 valence electrons. The maximum atomic E-state index is 5.57. The van der Waals surface area contributed by atoms with Crippen molar-refractivity contribution in [3.63, 3.8) is 0 Å². The second kappa shape index (κ2) is 3.33. The summed E-state index contributed by atoms with van der Waals surface area (Å²) in [6.07, 6.45) is 1.83. The number of nitrogens with zero attached hydrogens (tertiary/aromatic N) is 1. The van der Waals surface area contributed by atoms with Gasteiger partial charge < -0.3 is 9.15 Å². The minimum Gasteiger partial charge on any atom is -0.474 e. The van der Waals surface area contributed by atoms with Gasteiger partial charge in [0.15, 0.2) is 0 Å². The molecule has 0 aliphatic carbocycles. The summed E-state index contributed by atoms with van der Waals surface area (Å²) in [5.74, 6) is 1.52. The molecular formula is C11H13NO2. The van der Waals surface area contributed by atoms with Crippen molar-refractivity contribution in [3.8, 4) is 5.88 Å². The molecule has 0 aromatic carbocycles. The van der Waals surface area contributed by atoms with Gasteiger partial charge in [-0.15, -0.1) is 0 Å². The van der Waals surface area contributed by atoms with E-state index in [1.807, 2.05) is 32.9 Å². The van der Waals surface area contributed by atoms with Gasteiger partial charge in [0.2, 0.25) is 5.88 Å². The smallest absolute Gasteiger partial charge is 0.224 e. The Kier molecular flexibility index (Phi) is 2.15. The molecule has 0 atom stereocenters. The number of fused-ring (bicyclic) bond motifs is 1. The first-order valence-electron chi connectivity index (χ1n) is 4.68. The number of hydrogen-bond acceptors (Lipinski definition) is 3. The highest BCUT2D eigenvalue weighted by atomic mass is 16.5. The molecule has 0 fully saturated rings. The summed E-state index contributed by atoms with van der Waals surface area (Å²) >= 11 is 0. The Morgan fingerprint density at radius 1 is 1.43 bits per heavy atom. The lowest BCUT2D eigenvalue weighted by molar-refractivity contribution is 0.236. The van der Waals surface area contributed by atoms with Crippen LogP contribution in [0, 0.1) is 6.92 Å². The van der Waals surface area contributed by atoms with E-state index in [1.165, 1.54) is 0 Å². The number of rotatable bonds is 2. The van der Waals surface area contributed by atoms with Gasteiger partial charge in [0.05, 0.1) is 11.5 Å². The normalized spacial score (nSPS) is 11.1. The van der Waals surface area contributed by atoms with Crippen molar-refractivity contribution in [1.82, 2.24) is 4.98 Å². The first kappa shape index (κ1) is 9.06. The number of aryl methyl sites for hydroxylation is 1. The molecule has 0 bridgehead atoms. The average Bonchev–Trinajstić information content (AvgIpc) is 2.45. The number of aromatic nitrogens is 1. The fourth-order valence-corrected chi connectivity index (χ4v) is 1.38. The van der Waals surface area contributed by atoms with Crippen LogP contribution in [0.3, 0.4) is 0 Å². The van der Waals surface area contributed by atoms with Crippen molar-refractivity contribution < 1.29 is 9.15 Å². The predicted molar refractivity (Wildman–Crippen MR) is 54.5 cm³/mol. The molecule has 0 saturated carbocycles. The summed E-state index contributed by atoms with van der Waals surface area (Å²) in [7, 11) is 0. The van der Waals surface area contributed by atoms with Crippen LogP contribution in [-0.4, -0.2) is 11.1 Å². The maximum Gasteiger partial charge on any atom is 0.224 e. The Morgan fingerprint density at radius 2 is 2.21 bits per heavy atom. The van der Waals surface area contributed by atoms with Gasteiger partial charge in [0.25, 0.3) is 0 Å². The standard InChI is InChI=1S/C11H13NO2/c1-7(2)13-11-9-6-8(3)14-10(9)4-5-12-11/h4-7H,1-3H3. The van der Waals surface area contributed by atoms with E-state index in [9.17, 15) is 0 Å². The maximum absolute atomic E-state index is 5.57. The molecule has 0 radical (unpaired) electrons. The van der Waals surface area contributed by atoms with Crippen molar-refractivity contribution >= 4 is 11.0 Å². The fourth-order valence-electron chi connectivity index (χ4n) is 1.38. The summed E-state index contributed by atoms with van der Waals surface area (Å²) in [6.45, 7) is 5.88. The van der Waals surface area contributed by atoms with E-state index in [0.717, 1.165) is 16.7 Å². The Morgan fingerprint density at radius 3 is 2.93 bits per heavy atom. The summed E-state index contributed by atoms with van der Waals surface area (Å²) in [5.41, 5.74) is 0.827. The third kappa shape index (κ3) is 1.58. The summed E-state index contributed by atoms with van der Waals surface area (Å²) in [4.78, 5) is 4.18. The van der Waals surface area contributed by atoms with Crippen LogP contribution in [0.5, 0.6) is 5.88 Å². The van der Waals surface area contributed by atoms with E-state index >= 15 is 0 Å². The van der Waals surface area contributed by atoms with Gasteiger partial charge in [0, 0.05) is 12.3 Å². The van der Waals surface area contributed by atoms with Crippen LogP contribution in [0.2, 0.25) is 0 Å². The van der Waals surface area contributed by atoms with Crippen molar-refractivity contribution in [3.05, 3.63) is 24.1 Å². The molecule has 0 spiro atoms. The Labute approximate surface area is 82.7 Å². The van der Waals surface area contributed by atoms with E-state index in [1.54, 1.807) is 6.20 Å². The Bertz CT molecular complexity index is 445. The topological polar surface area (TPSA) is 35.3 Å². The minimum absolute atomic E-state index is 0.128. The van der Waals surface area contributed by atoms with Crippen molar-refractivity contribution in [2.24, 2.45) is 0 Å². The minimum atomic E-state index is 0.128. The Hall–Kier alpha value is -1.51. The molecule has 14 heavy (non-hydrogen) atoms. The molecule has 0 aliphatic rings. The lowest BCUT2D eigenvalue weighted by atomic mass is 10.3. The molecule has 2 rings (SSSR count). The second-order valence-corrected chi connectivity index (χ2v) is 3.55. The fraction of sp³-hybridized carbons (Fsp3) is 0.364. The molecule has 0 saturated heterocycles. The summed E-state index contributed by atoms with van der Waals surface area (Å²) < 4.78 is 11.0. The first-order chi connectivity index (χ1) is 6.66. The van der Waals surface area contributed by atoms with Crippen molar-refractivity contribution in [1.29, 1.82) is 0 Å². The number of furan rings is 1. The molecule has 3 nitrogen and oxygen atoms in total. The first-order valence-corrected chi connectivity index (χ1v) is 4.68. The number of hydrogen-bond donors (Lipinski definition) is 0. The molecule has 3 heteroatoms. The van der Waals surface area contributed by atoms with Gasteiger partial charge >= 0.3 is 0 Å². The zero-order valence-corrected chi connectivity index (χ0v) is 8.57. The number of pyridine rings is 1. The third-order valence-electron chi connectivity index (χ3n) is 1.88. The van der Waals surface area contributed by atoms with Gasteiger partial charge in [-0.1, -0.05) is 0 Å². The van der Waals surface area contributed by atoms with Crippen LogP contribution in [-0.2, 0) is 0 Å². The predicted octanol–water partition coefficient (Wildman–Crippen LogP) is 2.92. The molecule has 0 unspecified atom stereocenters. The van der Waals surface area contributed by atoms with Gasteiger partial charge in [-0.3, -0.25) is 0 Å². The van der Waals surface area contributed by atoms with Crippen LogP contribution >= 0.6 is 0 Å². The highest BCUT2D eigenvalue weighted by molar-refractivity contribution is 5.82. The largest absolute Gasteiger partial charge is 0.474 e. The highest BCUT2D eigenvalue weighted by Crippen LogP contribution is 2.26. The van der Waals surface area contributed by atoms with Crippen LogP contribution in [0.15, 0.2) is 22.7 Å². The molecule has 0 N–H and O–H groups in total. The molecule has 2 aromatic heterocycles. The van der Waals surface area contributed by atoms with Gasteiger partial charge in [0.1, 0.15) is 11.3 Å². The van der Waals surface area contributed by atoms with E-state index < -0.39 is 0 Å². The van der Waals surface area contributed by atoms with Gasteiger partial charge in [-0.05, 0) is 26.8 Å². The Balaban J connectivity index is 2.53. The SMILES string of the molecule is Cc1cc2c(OC(C)C)nccc2o1. The van der Waals surface area contributed by atoms with E-state index in [0.29, 0.717) is 5.88 Å². The van der Waals surface area contributed by atoms with Crippen LogP contribution in [0.25, 0.3) is 11.0 Å². The average molecular weight is 191 g/mol. The van der Waals surface area contributed by atoms with Crippen LogP contribution in [0.1, 0.15) is 19.6 Å². The zero-order valence-electron chi connectivity index (χ0n) is 8.57. The van der Waals surface area contributed by atoms with E-state index in [2.05, 4.69) is 4.98 Å². The zero-order chi connectivity index (χ0) is 10.1. The monoisotopic (exact) mass is 191 g/mol. The molecule has 0 aliphatic heterocycles. The highest BCUT2D eigenvalue weighted by Gasteiger charge is 2.08. The third-order valence-corrected chi connectivity index (χ3v) is 1.88. The molecule has 2 aromatic rings. The molecule has 0 amide bonds. The van der Waals surface area contributed by atoms with E-state index in [-0.39, 0.29) is 6.10 Å². The lowest BCUT2D eigenvalue weighted by Crippen LogP contribution is -2.06. The quantitative estimate of drug-likeness (QED) is 0.732. The van der Waals surface area contributed by atoms with Gasteiger partial charge in [-0.2, -0.15) is 0 Å². The van der Waals surface area contributed by atoms with Crippen LogP contribution in [0.4, 0.5) is 0 Å². The molecule has 2 heterocycles.